The minimum atomic E-state index is -0.211. The van der Waals surface area contributed by atoms with Crippen molar-refractivity contribution in [2.45, 2.75) is 26.2 Å². The quantitative estimate of drug-likeness (QED) is 0.762. The minimum absolute atomic E-state index is 0.211. The summed E-state index contributed by atoms with van der Waals surface area (Å²) in [7, 11) is 0. The van der Waals surface area contributed by atoms with Crippen molar-refractivity contribution >= 4 is 33.3 Å². The van der Waals surface area contributed by atoms with E-state index in [1.165, 1.54) is 11.3 Å². The number of hydrogen-bond acceptors (Lipinski definition) is 4. The summed E-state index contributed by atoms with van der Waals surface area (Å²) in [5.74, 6) is 0.489. The van der Waals surface area contributed by atoms with E-state index in [9.17, 15) is 4.79 Å². The largest absolute Gasteiger partial charge is 0.296 e. The molecule has 4 rings (SSSR count). The van der Waals surface area contributed by atoms with Gasteiger partial charge in [-0.2, -0.15) is 5.10 Å². The summed E-state index contributed by atoms with van der Waals surface area (Å²) in [4.78, 5) is 18.3. The SMILES string of the molecule is CC1CCc2nc(NC(=O)c3n[nH]c4ccccc34)sc2C1. The highest BCUT2D eigenvalue weighted by Crippen LogP contribution is 2.32. The fourth-order valence-corrected chi connectivity index (χ4v) is 4.05. The Morgan fingerprint density at radius 1 is 1.41 bits per heavy atom. The fourth-order valence-electron chi connectivity index (χ4n) is 2.89. The van der Waals surface area contributed by atoms with Crippen molar-refractivity contribution in [3.63, 3.8) is 0 Å². The van der Waals surface area contributed by atoms with Gasteiger partial charge in [0.2, 0.25) is 0 Å². The molecule has 0 spiro atoms. The van der Waals surface area contributed by atoms with Gasteiger partial charge in [-0.15, -0.1) is 11.3 Å². The van der Waals surface area contributed by atoms with Crippen LogP contribution >= 0.6 is 11.3 Å². The number of aromatic nitrogens is 3. The van der Waals surface area contributed by atoms with Crippen molar-refractivity contribution in [1.82, 2.24) is 15.2 Å². The van der Waals surface area contributed by atoms with Crippen LogP contribution in [0.1, 0.15) is 34.4 Å². The molecule has 1 aliphatic rings. The first kappa shape index (κ1) is 13.5. The maximum absolute atomic E-state index is 12.4. The van der Waals surface area contributed by atoms with Gasteiger partial charge in [-0.3, -0.25) is 15.2 Å². The Morgan fingerprint density at radius 2 is 2.27 bits per heavy atom. The smallest absolute Gasteiger partial charge is 0.278 e. The topological polar surface area (TPSA) is 70.7 Å². The van der Waals surface area contributed by atoms with E-state index in [0.29, 0.717) is 16.7 Å². The molecule has 2 heterocycles. The predicted molar refractivity (Wildman–Crippen MR) is 87.3 cm³/mol. The Morgan fingerprint density at radius 3 is 3.18 bits per heavy atom. The monoisotopic (exact) mass is 312 g/mol. The van der Waals surface area contributed by atoms with E-state index >= 15 is 0 Å². The maximum Gasteiger partial charge on any atom is 0.278 e. The maximum atomic E-state index is 12.4. The number of amides is 1. The Balaban J connectivity index is 1.60. The third-order valence-electron chi connectivity index (χ3n) is 4.09. The number of carbonyl (C=O) groups is 1. The van der Waals surface area contributed by atoms with Gasteiger partial charge in [-0.1, -0.05) is 25.1 Å². The van der Waals surface area contributed by atoms with Crippen molar-refractivity contribution in [3.8, 4) is 0 Å². The molecule has 0 aliphatic heterocycles. The first-order chi connectivity index (χ1) is 10.7. The Labute approximate surface area is 131 Å². The van der Waals surface area contributed by atoms with E-state index in [2.05, 4.69) is 27.4 Å². The third-order valence-corrected chi connectivity index (χ3v) is 5.13. The molecule has 0 fully saturated rings. The Kier molecular flexibility index (Phi) is 3.18. The molecule has 1 atom stereocenters. The summed E-state index contributed by atoms with van der Waals surface area (Å²) in [6, 6.07) is 7.61. The average molecular weight is 312 g/mol. The van der Waals surface area contributed by atoms with Gasteiger partial charge < -0.3 is 0 Å². The molecular weight excluding hydrogens is 296 g/mol. The van der Waals surface area contributed by atoms with Crippen LogP contribution in [0.15, 0.2) is 24.3 Å². The van der Waals surface area contributed by atoms with Crippen LogP contribution < -0.4 is 5.32 Å². The zero-order chi connectivity index (χ0) is 15.1. The summed E-state index contributed by atoms with van der Waals surface area (Å²) in [6.07, 6.45) is 3.25. The number of nitrogens with one attached hydrogen (secondary N) is 2. The molecule has 0 radical (unpaired) electrons. The zero-order valence-electron chi connectivity index (χ0n) is 12.2. The van der Waals surface area contributed by atoms with Gasteiger partial charge >= 0.3 is 0 Å². The number of aryl methyl sites for hydroxylation is 1. The second kappa shape index (κ2) is 5.21. The highest BCUT2D eigenvalue weighted by molar-refractivity contribution is 7.15. The third kappa shape index (κ3) is 2.29. The molecule has 0 saturated carbocycles. The molecule has 0 bridgehead atoms. The van der Waals surface area contributed by atoms with Crippen LogP contribution in [0.4, 0.5) is 5.13 Å². The Hall–Kier alpha value is -2.21. The number of carbonyl (C=O) groups excluding carboxylic acids is 1. The van der Waals surface area contributed by atoms with E-state index in [0.717, 1.165) is 29.4 Å². The standard InChI is InChI=1S/C16H16N4OS/c1-9-6-7-12-13(8-9)22-16(17-12)18-15(21)14-10-4-2-3-5-11(10)19-20-14/h2-5,9H,6-8H2,1H3,(H,19,20)(H,17,18,21). The van der Waals surface area contributed by atoms with Crippen molar-refractivity contribution in [2.24, 2.45) is 5.92 Å². The van der Waals surface area contributed by atoms with Crippen LogP contribution in [-0.4, -0.2) is 21.1 Å². The number of hydrogen-bond donors (Lipinski definition) is 2. The number of thiazole rings is 1. The average Bonchev–Trinajstić information content (AvgIpc) is 3.09. The number of anilines is 1. The summed E-state index contributed by atoms with van der Waals surface area (Å²) in [5, 5.41) is 11.4. The van der Waals surface area contributed by atoms with Gasteiger partial charge in [0.25, 0.3) is 5.91 Å². The molecule has 6 heteroatoms. The molecule has 2 aromatic heterocycles. The minimum Gasteiger partial charge on any atom is -0.296 e. The van der Waals surface area contributed by atoms with Gasteiger partial charge in [0.15, 0.2) is 10.8 Å². The molecular formula is C16H16N4OS. The second-order valence-corrected chi connectivity index (χ2v) is 6.89. The number of fused-ring (bicyclic) bond motifs is 2. The zero-order valence-corrected chi connectivity index (χ0v) is 13.0. The van der Waals surface area contributed by atoms with Crippen molar-refractivity contribution < 1.29 is 4.79 Å². The van der Waals surface area contributed by atoms with Gasteiger partial charge in [-0.25, -0.2) is 4.98 Å². The lowest BCUT2D eigenvalue weighted by atomic mass is 9.93. The molecule has 112 valence electrons. The number of nitrogens with zero attached hydrogens (tertiary/aromatic N) is 2. The second-order valence-electron chi connectivity index (χ2n) is 5.81. The van der Waals surface area contributed by atoms with Crippen LogP contribution in [-0.2, 0) is 12.8 Å². The van der Waals surface area contributed by atoms with Gasteiger partial charge in [0.1, 0.15) is 0 Å². The lowest BCUT2D eigenvalue weighted by Crippen LogP contribution is -2.12. The van der Waals surface area contributed by atoms with Gasteiger partial charge in [-0.05, 0) is 31.2 Å². The van der Waals surface area contributed by atoms with Gasteiger partial charge in [0, 0.05) is 10.3 Å². The lowest BCUT2D eigenvalue weighted by Gasteiger charge is -2.15. The number of para-hydroxylation sites is 1. The van der Waals surface area contributed by atoms with Crippen molar-refractivity contribution in [1.29, 1.82) is 0 Å². The highest BCUT2D eigenvalue weighted by Gasteiger charge is 2.21. The summed E-state index contributed by atoms with van der Waals surface area (Å²) in [6.45, 7) is 2.26. The number of benzene rings is 1. The predicted octanol–water partition coefficient (Wildman–Crippen LogP) is 3.40. The van der Waals surface area contributed by atoms with E-state index in [-0.39, 0.29) is 5.91 Å². The molecule has 2 N–H and O–H groups in total. The Bertz CT molecular complexity index is 851. The van der Waals surface area contributed by atoms with Gasteiger partial charge in [0.05, 0.1) is 11.2 Å². The molecule has 22 heavy (non-hydrogen) atoms. The normalized spacial score (nSPS) is 17.4. The van der Waals surface area contributed by atoms with Crippen LogP contribution in [0.5, 0.6) is 0 Å². The molecule has 3 aromatic rings. The molecule has 1 unspecified atom stereocenters. The first-order valence-electron chi connectivity index (χ1n) is 7.44. The summed E-state index contributed by atoms with van der Waals surface area (Å²) >= 11 is 1.59. The summed E-state index contributed by atoms with van der Waals surface area (Å²) < 4.78 is 0. The molecule has 1 amide bonds. The van der Waals surface area contributed by atoms with E-state index < -0.39 is 0 Å². The van der Waals surface area contributed by atoms with Crippen LogP contribution in [0.3, 0.4) is 0 Å². The number of rotatable bonds is 2. The molecule has 5 nitrogen and oxygen atoms in total. The van der Waals surface area contributed by atoms with Crippen LogP contribution in [0.25, 0.3) is 10.9 Å². The van der Waals surface area contributed by atoms with Crippen LogP contribution in [0.2, 0.25) is 0 Å². The molecule has 1 aromatic carbocycles. The number of H-pyrrole nitrogens is 1. The van der Waals surface area contributed by atoms with E-state index in [1.807, 2.05) is 24.3 Å². The molecule has 1 aliphatic carbocycles. The van der Waals surface area contributed by atoms with Crippen molar-refractivity contribution in [3.05, 3.63) is 40.5 Å². The van der Waals surface area contributed by atoms with E-state index in [1.54, 1.807) is 11.3 Å². The molecule has 0 saturated heterocycles. The van der Waals surface area contributed by atoms with Crippen molar-refractivity contribution in [2.75, 3.05) is 5.32 Å². The fraction of sp³-hybridized carbons (Fsp3) is 0.312. The summed E-state index contributed by atoms with van der Waals surface area (Å²) in [5.41, 5.74) is 2.42. The van der Waals surface area contributed by atoms with Crippen LogP contribution in [0, 0.1) is 5.92 Å². The van der Waals surface area contributed by atoms with E-state index in [4.69, 9.17) is 0 Å². The first-order valence-corrected chi connectivity index (χ1v) is 8.25. The number of aromatic amines is 1. The highest BCUT2D eigenvalue weighted by atomic mass is 32.1. The lowest BCUT2D eigenvalue weighted by molar-refractivity contribution is 0.102.